The van der Waals surface area contributed by atoms with E-state index in [0.29, 0.717) is 16.8 Å². The van der Waals surface area contributed by atoms with Crippen LogP contribution in [0, 0.1) is 5.82 Å². The predicted octanol–water partition coefficient (Wildman–Crippen LogP) is 2.89. The number of amides is 1. The molecular weight excluding hydrogens is 275 g/mol. The molecule has 3 nitrogen and oxygen atoms in total. The highest BCUT2D eigenvalue weighted by atomic mass is 35.5. The lowest BCUT2D eigenvalue weighted by atomic mass is 10.3. The number of carbonyl (C=O) groups is 1. The molecule has 3 N–H and O–H groups in total. The van der Waals surface area contributed by atoms with Gasteiger partial charge in [-0.1, -0.05) is 18.5 Å². The molecule has 1 aromatic rings. The average molecular weight is 291 g/mol. The van der Waals surface area contributed by atoms with E-state index in [2.05, 4.69) is 5.32 Å². The zero-order chi connectivity index (χ0) is 13.5. The summed E-state index contributed by atoms with van der Waals surface area (Å²) in [6, 6.07) is 4.15. The van der Waals surface area contributed by atoms with Crippen LogP contribution in [-0.4, -0.2) is 23.5 Å². The molecule has 0 heterocycles. The number of carbonyl (C=O) groups excluding carboxylic acids is 1. The summed E-state index contributed by atoms with van der Waals surface area (Å²) in [5.74, 6) is -0.482. The van der Waals surface area contributed by atoms with Gasteiger partial charge in [0.15, 0.2) is 0 Å². The van der Waals surface area contributed by atoms with Crippen LogP contribution in [0.2, 0.25) is 5.02 Å². The minimum atomic E-state index is -0.532. The van der Waals surface area contributed by atoms with Crippen LogP contribution in [0.5, 0.6) is 0 Å². The molecule has 0 saturated carbocycles. The van der Waals surface area contributed by atoms with Gasteiger partial charge in [0.1, 0.15) is 5.82 Å². The highest BCUT2D eigenvalue weighted by Gasteiger charge is 2.09. The van der Waals surface area contributed by atoms with Crippen LogP contribution in [0.15, 0.2) is 18.2 Å². The Hall–Kier alpha value is -0.780. The molecule has 0 fully saturated rings. The van der Waals surface area contributed by atoms with Gasteiger partial charge in [0.2, 0.25) is 5.91 Å². The van der Waals surface area contributed by atoms with Crippen molar-refractivity contribution in [2.75, 3.05) is 17.6 Å². The molecule has 0 radical (unpaired) electrons. The van der Waals surface area contributed by atoms with E-state index >= 15 is 0 Å². The van der Waals surface area contributed by atoms with Crippen LogP contribution >= 0.6 is 23.4 Å². The van der Waals surface area contributed by atoms with E-state index in [1.54, 1.807) is 0 Å². The van der Waals surface area contributed by atoms with Crippen LogP contribution in [0.4, 0.5) is 10.1 Å². The smallest absolute Gasteiger partial charge is 0.234 e. The summed E-state index contributed by atoms with van der Waals surface area (Å²) in [6.45, 7) is 2.61. The van der Waals surface area contributed by atoms with Crippen molar-refractivity contribution in [3.8, 4) is 0 Å². The van der Waals surface area contributed by atoms with Crippen LogP contribution in [0.1, 0.15) is 13.3 Å². The largest absolute Gasteiger partial charge is 0.330 e. The standard InChI is InChI=1S/C12H16ClFN2OS/c1-8(4-5-15)18-7-12(17)16-11-3-2-9(13)6-10(11)14/h2-3,6,8H,4-5,7,15H2,1H3,(H,16,17). The lowest BCUT2D eigenvalue weighted by Crippen LogP contribution is -2.17. The fraction of sp³-hybridized carbons (Fsp3) is 0.417. The Labute approximate surface area is 115 Å². The van der Waals surface area contributed by atoms with Gasteiger partial charge in [-0.15, -0.1) is 11.8 Å². The molecule has 6 heteroatoms. The molecular formula is C12H16ClFN2OS. The summed E-state index contributed by atoms with van der Waals surface area (Å²) in [6.07, 6.45) is 0.854. The maximum Gasteiger partial charge on any atom is 0.234 e. The van der Waals surface area contributed by atoms with Gasteiger partial charge in [-0.05, 0) is 31.2 Å². The number of hydrogen-bond donors (Lipinski definition) is 2. The van der Waals surface area contributed by atoms with E-state index in [4.69, 9.17) is 17.3 Å². The summed E-state index contributed by atoms with van der Waals surface area (Å²) in [5, 5.41) is 3.13. The minimum Gasteiger partial charge on any atom is -0.330 e. The van der Waals surface area contributed by atoms with Crippen LogP contribution in [-0.2, 0) is 4.79 Å². The van der Waals surface area contributed by atoms with Crippen molar-refractivity contribution in [2.45, 2.75) is 18.6 Å². The first-order valence-corrected chi connectivity index (χ1v) is 7.02. The zero-order valence-electron chi connectivity index (χ0n) is 10.1. The molecule has 100 valence electrons. The van der Waals surface area contributed by atoms with E-state index in [0.717, 1.165) is 6.42 Å². The molecule has 0 spiro atoms. The second-order valence-corrected chi connectivity index (χ2v) is 5.73. The summed E-state index contributed by atoms with van der Waals surface area (Å²) in [7, 11) is 0. The number of anilines is 1. The normalized spacial score (nSPS) is 12.2. The van der Waals surface area contributed by atoms with Gasteiger partial charge < -0.3 is 11.1 Å². The number of nitrogens with two attached hydrogens (primary N) is 1. The fourth-order valence-electron chi connectivity index (χ4n) is 1.31. The second kappa shape index (κ2) is 7.61. The molecule has 0 bridgehead atoms. The minimum absolute atomic E-state index is 0.150. The van der Waals surface area contributed by atoms with E-state index in [1.165, 1.54) is 30.0 Å². The predicted molar refractivity (Wildman–Crippen MR) is 75.6 cm³/mol. The monoisotopic (exact) mass is 290 g/mol. The second-order valence-electron chi connectivity index (χ2n) is 3.87. The Morgan fingerprint density at radius 2 is 2.33 bits per heavy atom. The van der Waals surface area contributed by atoms with E-state index in [1.807, 2.05) is 6.92 Å². The fourth-order valence-corrected chi connectivity index (χ4v) is 2.28. The van der Waals surface area contributed by atoms with Crippen molar-refractivity contribution >= 4 is 35.0 Å². The molecule has 1 amide bonds. The van der Waals surface area contributed by atoms with Crippen LogP contribution in [0.3, 0.4) is 0 Å². The molecule has 0 aromatic heterocycles. The molecule has 1 aromatic carbocycles. The van der Waals surface area contributed by atoms with Crippen molar-refractivity contribution in [1.82, 2.24) is 0 Å². The lowest BCUT2D eigenvalue weighted by molar-refractivity contribution is -0.113. The molecule has 18 heavy (non-hydrogen) atoms. The highest BCUT2D eigenvalue weighted by molar-refractivity contribution is 8.00. The van der Waals surface area contributed by atoms with E-state index in [-0.39, 0.29) is 17.3 Å². The number of benzene rings is 1. The van der Waals surface area contributed by atoms with Gasteiger partial charge in [0.25, 0.3) is 0 Å². The molecule has 1 atom stereocenters. The van der Waals surface area contributed by atoms with Crippen molar-refractivity contribution in [3.05, 3.63) is 29.0 Å². The van der Waals surface area contributed by atoms with Gasteiger partial charge >= 0.3 is 0 Å². The maximum absolute atomic E-state index is 13.4. The highest BCUT2D eigenvalue weighted by Crippen LogP contribution is 2.19. The molecule has 1 unspecified atom stereocenters. The van der Waals surface area contributed by atoms with Gasteiger partial charge in [-0.2, -0.15) is 0 Å². The Balaban J connectivity index is 2.44. The van der Waals surface area contributed by atoms with Gasteiger partial charge in [0, 0.05) is 10.3 Å². The third kappa shape index (κ3) is 5.25. The zero-order valence-corrected chi connectivity index (χ0v) is 11.7. The first kappa shape index (κ1) is 15.3. The van der Waals surface area contributed by atoms with Crippen LogP contribution in [0.25, 0.3) is 0 Å². The summed E-state index contributed by atoms with van der Waals surface area (Å²) in [4.78, 5) is 11.6. The molecule has 0 aliphatic heterocycles. The Kier molecular flexibility index (Phi) is 6.46. The van der Waals surface area contributed by atoms with Crippen molar-refractivity contribution < 1.29 is 9.18 Å². The van der Waals surface area contributed by atoms with Crippen molar-refractivity contribution in [3.63, 3.8) is 0 Å². The average Bonchev–Trinajstić information content (AvgIpc) is 2.31. The van der Waals surface area contributed by atoms with Crippen LogP contribution < -0.4 is 11.1 Å². The Morgan fingerprint density at radius 1 is 1.61 bits per heavy atom. The van der Waals surface area contributed by atoms with Crippen molar-refractivity contribution in [2.24, 2.45) is 5.73 Å². The maximum atomic E-state index is 13.4. The van der Waals surface area contributed by atoms with E-state index < -0.39 is 5.82 Å². The number of halogens is 2. The number of nitrogens with one attached hydrogen (secondary N) is 1. The first-order chi connectivity index (χ1) is 8.52. The topological polar surface area (TPSA) is 55.1 Å². The lowest BCUT2D eigenvalue weighted by Gasteiger charge is -2.10. The number of thioether (sulfide) groups is 1. The third-order valence-corrected chi connectivity index (χ3v) is 3.75. The van der Waals surface area contributed by atoms with Gasteiger partial charge in [-0.25, -0.2) is 4.39 Å². The number of rotatable bonds is 6. The summed E-state index contributed by atoms with van der Waals surface area (Å²) in [5.41, 5.74) is 5.57. The van der Waals surface area contributed by atoms with E-state index in [9.17, 15) is 9.18 Å². The van der Waals surface area contributed by atoms with Gasteiger partial charge in [-0.3, -0.25) is 4.79 Å². The molecule has 1 rings (SSSR count). The quantitative estimate of drug-likeness (QED) is 0.847. The van der Waals surface area contributed by atoms with Crippen molar-refractivity contribution in [1.29, 1.82) is 0 Å². The first-order valence-electron chi connectivity index (χ1n) is 5.59. The number of hydrogen-bond acceptors (Lipinski definition) is 3. The molecule has 0 saturated heterocycles. The summed E-state index contributed by atoms with van der Waals surface area (Å²) >= 11 is 7.12. The SMILES string of the molecule is CC(CCN)SCC(=O)Nc1ccc(Cl)cc1F. The van der Waals surface area contributed by atoms with Gasteiger partial charge in [0.05, 0.1) is 11.4 Å². The molecule has 0 aliphatic carbocycles. The third-order valence-electron chi connectivity index (χ3n) is 2.28. The Morgan fingerprint density at radius 3 is 2.94 bits per heavy atom. The Bertz CT molecular complexity index is 417. The molecule has 0 aliphatic rings. The summed E-state index contributed by atoms with van der Waals surface area (Å²) < 4.78 is 13.4.